The Morgan fingerprint density at radius 3 is 2.27 bits per heavy atom. The van der Waals surface area contributed by atoms with Crippen molar-refractivity contribution < 1.29 is 17.9 Å². The maximum absolute atomic E-state index is 13.3. The molecule has 0 amide bonds. The van der Waals surface area contributed by atoms with E-state index >= 15 is 0 Å². The highest BCUT2D eigenvalue weighted by atomic mass is 32.2. The SMILES string of the molecule is CCCN(Cc1ccc(-c2cccnc2)cc1)S(=O)(=O)c1ccc(OC)c(OC)c1. The molecular formula is C23H26N2O4S. The molecule has 158 valence electrons. The van der Waals surface area contributed by atoms with Gasteiger partial charge in [0.25, 0.3) is 0 Å². The van der Waals surface area contributed by atoms with Gasteiger partial charge in [-0.05, 0) is 41.3 Å². The van der Waals surface area contributed by atoms with E-state index in [4.69, 9.17) is 9.47 Å². The molecule has 0 saturated carbocycles. The van der Waals surface area contributed by atoms with Gasteiger partial charge in [-0.15, -0.1) is 0 Å². The first kappa shape index (κ1) is 21.8. The molecule has 3 aromatic rings. The zero-order valence-corrected chi connectivity index (χ0v) is 18.2. The summed E-state index contributed by atoms with van der Waals surface area (Å²) in [5, 5.41) is 0. The average Bonchev–Trinajstić information content (AvgIpc) is 2.79. The summed E-state index contributed by atoms with van der Waals surface area (Å²) in [6.45, 7) is 2.67. The Bertz CT molecular complexity index is 1070. The fourth-order valence-electron chi connectivity index (χ4n) is 3.20. The number of hydrogen-bond donors (Lipinski definition) is 0. The first-order valence-corrected chi connectivity index (χ1v) is 11.1. The van der Waals surface area contributed by atoms with E-state index in [-0.39, 0.29) is 11.4 Å². The van der Waals surface area contributed by atoms with Gasteiger partial charge in [-0.25, -0.2) is 8.42 Å². The summed E-state index contributed by atoms with van der Waals surface area (Å²) in [7, 11) is -0.687. The number of hydrogen-bond acceptors (Lipinski definition) is 5. The van der Waals surface area contributed by atoms with Crippen molar-refractivity contribution in [2.75, 3.05) is 20.8 Å². The summed E-state index contributed by atoms with van der Waals surface area (Å²) >= 11 is 0. The van der Waals surface area contributed by atoms with Gasteiger partial charge in [0.05, 0.1) is 19.1 Å². The Hall–Kier alpha value is -2.90. The molecule has 0 fully saturated rings. The van der Waals surface area contributed by atoms with Crippen molar-refractivity contribution >= 4 is 10.0 Å². The van der Waals surface area contributed by atoms with E-state index in [1.54, 1.807) is 24.5 Å². The largest absolute Gasteiger partial charge is 0.493 e. The van der Waals surface area contributed by atoms with Gasteiger partial charge in [0.1, 0.15) is 0 Å². The summed E-state index contributed by atoms with van der Waals surface area (Å²) in [4.78, 5) is 4.32. The zero-order valence-electron chi connectivity index (χ0n) is 17.4. The number of nitrogens with zero attached hydrogens (tertiary/aromatic N) is 2. The van der Waals surface area contributed by atoms with Crippen LogP contribution < -0.4 is 9.47 Å². The minimum atomic E-state index is -3.69. The summed E-state index contributed by atoms with van der Waals surface area (Å²) < 4.78 is 38.6. The molecular weight excluding hydrogens is 400 g/mol. The molecule has 0 bridgehead atoms. The summed E-state index contributed by atoms with van der Waals surface area (Å²) in [5.41, 5.74) is 2.98. The zero-order chi connectivity index (χ0) is 21.6. The first-order chi connectivity index (χ1) is 14.5. The van der Waals surface area contributed by atoms with Crippen molar-refractivity contribution in [1.29, 1.82) is 0 Å². The highest BCUT2D eigenvalue weighted by molar-refractivity contribution is 7.89. The van der Waals surface area contributed by atoms with Gasteiger partial charge in [0, 0.05) is 31.5 Å². The molecule has 0 N–H and O–H groups in total. The maximum Gasteiger partial charge on any atom is 0.243 e. The topological polar surface area (TPSA) is 68.7 Å². The van der Waals surface area contributed by atoms with E-state index in [2.05, 4.69) is 4.98 Å². The predicted molar refractivity (Wildman–Crippen MR) is 117 cm³/mol. The number of rotatable bonds is 9. The number of pyridine rings is 1. The lowest BCUT2D eigenvalue weighted by atomic mass is 10.1. The minimum absolute atomic E-state index is 0.181. The van der Waals surface area contributed by atoms with E-state index in [0.29, 0.717) is 24.5 Å². The summed E-state index contributed by atoms with van der Waals surface area (Å²) in [6, 6.07) is 16.4. The molecule has 0 saturated heterocycles. The molecule has 6 nitrogen and oxygen atoms in total. The first-order valence-electron chi connectivity index (χ1n) is 9.71. The predicted octanol–water partition coefficient (Wildman–Crippen LogP) is 4.37. The van der Waals surface area contributed by atoms with Gasteiger partial charge < -0.3 is 9.47 Å². The Morgan fingerprint density at radius 2 is 1.67 bits per heavy atom. The van der Waals surface area contributed by atoms with Crippen LogP contribution in [0.3, 0.4) is 0 Å². The fourth-order valence-corrected chi connectivity index (χ4v) is 4.74. The second-order valence-corrected chi connectivity index (χ2v) is 8.73. The monoisotopic (exact) mass is 426 g/mol. The number of sulfonamides is 1. The molecule has 0 spiro atoms. The molecule has 7 heteroatoms. The highest BCUT2D eigenvalue weighted by Gasteiger charge is 2.25. The third-order valence-corrected chi connectivity index (χ3v) is 6.61. The third kappa shape index (κ3) is 4.80. The van der Waals surface area contributed by atoms with Gasteiger partial charge >= 0.3 is 0 Å². The lowest BCUT2D eigenvalue weighted by Crippen LogP contribution is -2.31. The van der Waals surface area contributed by atoms with Gasteiger partial charge in [-0.3, -0.25) is 4.98 Å². The van der Waals surface area contributed by atoms with Crippen LogP contribution in [0, 0.1) is 0 Å². The molecule has 0 unspecified atom stereocenters. The number of aromatic nitrogens is 1. The number of methoxy groups -OCH3 is 2. The van der Waals surface area contributed by atoms with E-state index in [0.717, 1.165) is 16.7 Å². The maximum atomic E-state index is 13.3. The van der Waals surface area contributed by atoms with Gasteiger partial charge in [-0.2, -0.15) is 4.31 Å². The summed E-state index contributed by atoms with van der Waals surface area (Å²) in [6.07, 6.45) is 4.25. The van der Waals surface area contributed by atoms with Crippen molar-refractivity contribution in [2.45, 2.75) is 24.8 Å². The van der Waals surface area contributed by atoms with Crippen LogP contribution in [-0.4, -0.2) is 38.5 Å². The van der Waals surface area contributed by atoms with E-state index in [1.165, 1.54) is 24.6 Å². The number of benzene rings is 2. The van der Waals surface area contributed by atoms with Crippen molar-refractivity contribution in [2.24, 2.45) is 0 Å². The van der Waals surface area contributed by atoms with Crippen LogP contribution in [0.15, 0.2) is 71.9 Å². The molecule has 0 aliphatic rings. The Labute approximate surface area is 178 Å². The van der Waals surface area contributed by atoms with Crippen molar-refractivity contribution in [3.63, 3.8) is 0 Å². The molecule has 0 aliphatic heterocycles. The third-order valence-electron chi connectivity index (χ3n) is 4.77. The standard InChI is InChI=1S/C23H26N2O4S/c1-4-14-25(30(26,27)21-11-12-22(28-2)23(15-21)29-3)17-18-7-9-19(10-8-18)20-6-5-13-24-16-20/h5-13,15-16H,4,14,17H2,1-3H3. The molecule has 30 heavy (non-hydrogen) atoms. The molecule has 0 radical (unpaired) electrons. The Morgan fingerprint density at radius 1 is 0.933 bits per heavy atom. The van der Waals surface area contributed by atoms with E-state index in [9.17, 15) is 8.42 Å². The Balaban J connectivity index is 1.86. The molecule has 0 atom stereocenters. The van der Waals surface area contributed by atoms with Gasteiger partial charge in [0.2, 0.25) is 10.0 Å². The van der Waals surface area contributed by atoms with Crippen LogP contribution in [0.5, 0.6) is 11.5 Å². The summed E-state index contributed by atoms with van der Waals surface area (Å²) in [5.74, 6) is 0.875. The molecule has 2 aromatic carbocycles. The Kier molecular flexibility index (Phi) is 7.07. The second kappa shape index (κ2) is 9.73. The normalized spacial score (nSPS) is 11.5. The van der Waals surface area contributed by atoms with Crippen LogP contribution in [0.4, 0.5) is 0 Å². The van der Waals surface area contributed by atoms with Crippen LogP contribution in [-0.2, 0) is 16.6 Å². The van der Waals surface area contributed by atoms with Gasteiger partial charge in [0.15, 0.2) is 11.5 Å². The van der Waals surface area contributed by atoms with Crippen LogP contribution in [0.2, 0.25) is 0 Å². The average molecular weight is 427 g/mol. The van der Waals surface area contributed by atoms with E-state index in [1.807, 2.05) is 43.3 Å². The van der Waals surface area contributed by atoms with Crippen molar-refractivity contribution in [3.8, 4) is 22.6 Å². The lowest BCUT2D eigenvalue weighted by Gasteiger charge is -2.22. The fraction of sp³-hybridized carbons (Fsp3) is 0.261. The molecule has 1 heterocycles. The van der Waals surface area contributed by atoms with Crippen LogP contribution in [0.25, 0.3) is 11.1 Å². The van der Waals surface area contributed by atoms with Crippen molar-refractivity contribution in [3.05, 3.63) is 72.6 Å². The minimum Gasteiger partial charge on any atom is -0.493 e. The number of ether oxygens (including phenoxy) is 2. The smallest absolute Gasteiger partial charge is 0.243 e. The van der Waals surface area contributed by atoms with Crippen LogP contribution >= 0.6 is 0 Å². The van der Waals surface area contributed by atoms with Gasteiger partial charge in [-0.1, -0.05) is 37.3 Å². The van der Waals surface area contributed by atoms with Crippen LogP contribution in [0.1, 0.15) is 18.9 Å². The lowest BCUT2D eigenvalue weighted by molar-refractivity contribution is 0.353. The molecule has 3 rings (SSSR count). The van der Waals surface area contributed by atoms with E-state index < -0.39 is 10.0 Å². The highest BCUT2D eigenvalue weighted by Crippen LogP contribution is 2.31. The quantitative estimate of drug-likeness (QED) is 0.508. The molecule has 1 aromatic heterocycles. The van der Waals surface area contributed by atoms with Crippen molar-refractivity contribution in [1.82, 2.24) is 9.29 Å². The second-order valence-electron chi connectivity index (χ2n) is 6.79. The molecule has 0 aliphatic carbocycles.